The van der Waals surface area contributed by atoms with Crippen molar-refractivity contribution in [1.82, 2.24) is 9.97 Å². The van der Waals surface area contributed by atoms with Gasteiger partial charge in [-0.2, -0.15) is 0 Å². The number of oxime groups is 1. The molecule has 0 atom stereocenters. The van der Waals surface area contributed by atoms with Crippen LogP contribution < -0.4 is 0 Å². The van der Waals surface area contributed by atoms with E-state index in [9.17, 15) is 4.79 Å². The Balaban J connectivity index is 1.80. The Morgan fingerprint density at radius 3 is 2.57 bits per heavy atom. The first-order valence-electron chi connectivity index (χ1n) is 7.63. The highest BCUT2D eigenvalue weighted by Gasteiger charge is 2.03. The van der Waals surface area contributed by atoms with Gasteiger partial charge in [0.2, 0.25) is 0 Å². The predicted octanol–water partition coefficient (Wildman–Crippen LogP) is 3.36. The van der Waals surface area contributed by atoms with Crippen molar-refractivity contribution in [3.8, 4) is 0 Å². The van der Waals surface area contributed by atoms with Crippen LogP contribution >= 0.6 is 0 Å². The molecule has 0 aromatic carbocycles. The van der Waals surface area contributed by atoms with Gasteiger partial charge in [0.05, 0.1) is 5.69 Å². The molecule has 0 fully saturated rings. The Labute approximate surface area is 136 Å². The Hall–Kier alpha value is -2.56. The zero-order chi connectivity index (χ0) is 16.7. The van der Waals surface area contributed by atoms with Gasteiger partial charge in [-0.1, -0.05) is 17.3 Å². The van der Waals surface area contributed by atoms with E-state index in [0.717, 1.165) is 35.6 Å². The fourth-order valence-electron chi connectivity index (χ4n) is 2.07. The summed E-state index contributed by atoms with van der Waals surface area (Å²) in [6.45, 7) is 5.83. The van der Waals surface area contributed by atoms with Gasteiger partial charge < -0.3 is 4.84 Å². The van der Waals surface area contributed by atoms with Gasteiger partial charge >= 0.3 is 0 Å². The number of hydrogen-bond donors (Lipinski definition) is 0. The molecule has 0 bridgehead atoms. The average molecular weight is 311 g/mol. The van der Waals surface area contributed by atoms with Gasteiger partial charge in [-0.25, -0.2) is 4.98 Å². The van der Waals surface area contributed by atoms with Gasteiger partial charge in [-0.3, -0.25) is 9.78 Å². The van der Waals surface area contributed by atoms with E-state index in [0.29, 0.717) is 12.3 Å². The number of nitrogens with zero attached hydrogens (tertiary/aromatic N) is 3. The molecule has 0 saturated carbocycles. The summed E-state index contributed by atoms with van der Waals surface area (Å²) in [7, 11) is 0. The molecule has 5 heteroatoms. The highest BCUT2D eigenvalue weighted by molar-refractivity contribution is 5.96. The predicted molar refractivity (Wildman–Crippen MR) is 89.7 cm³/mol. The lowest BCUT2D eigenvalue weighted by molar-refractivity contribution is 0.101. The molecule has 23 heavy (non-hydrogen) atoms. The van der Waals surface area contributed by atoms with E-state index in [1.54, 1.807) is 6.07 Å². The fourth-order valence-corrected chi connectivity index (χ4v) is 2.07. The van der Waals surface area contributed by atoms with E-state index in [1.807, 2.05) is 44.2 Å². The number of carbonyl (C=O) groups excluding carboxylic acids is 1. The number of pyridine rings is 2. The molecule has 0 aliphatic carbocycles. The minimum Gasteiger partial charge on any atom is -0.396 e. The molecule has 0 saturated heterocycles. The second kappa shape index (κ2) is 8.17. The lowest BCUT2D eigenvalue weighted by Gasteiger charge is -2.04. The van der Waals surface area contributed by atoms with E-state index in [4.69, 9.17) is 4.84 Å². The van der Waals surface area contributed by atoms with Crippen molar-refractivity contribution in [2.45, 2.75) is 33.6 Å². The van der Waals surface area contributed by atoms with Crippen LogP contribution in [0.3, 0.4) is 0 Å². The summed E-state index contributed by atoms with van der Waals surface area (Å²) >= 11 is 0. The van der Waals surface area contributed by atoms with Crippen LogP contribution in [0.1, 0.15) is 47.8 Å². The number of aryl methyl sites for hydroxylation is 2. The van der Waals surface area contributed by atoms with Crippen LogP contribution in [0.4, 0.5) is 0 Å². The molecule has 120 valence electrons. The van der Waals surface area contributed by atoms with E-state index in [1.165, 1.54) is 6.92 Å². The average Bonchev–Trinajstić information content (AvgIpc) is 2.54. The zero-order valence-corrected chi connectivity index (χ0v) is 13.7. The van der Waals surface area contributed by atoms with Gasteiger partial charge in [0.25, 0.3) is 0 Å². The molecular formula is C18H21N3O2. The van der Waals surface area contributed by atoms with Crippen molar-refractivity contribution in [2.75, 3.05) is 6.61 Å². The van der Waals surface area contributed by atoms with Crippen LogP contribution in [0.5, 0.6) is 0 Å². The van der Waals surface area contributed by atoms with Gasteiger partial charge in [0, 0.05) is 18.3 Å². The van der Waals surface area contributed by atoms with E-state index in [-0.39, 0.29) is 5.78 Å². The monoisotopic (exact) mass is 311 g/mol. The van der Waals surface area contributed by atoms with Gasteiger partial charge in [-0.15, -0.1) is 0 Å². The molecule has 0 aliphatic heterocycles. The van der Waals surface area contributed by atoms with Crippen LogP contribution in [-0.2, 0) is 11.3 Å². The zero-order valence-electron chi connectivity index (χ0n) is 13.7. The molecule has 0 spiro atoms. The standard InChI is InChI=1S/C18H21N3O2/c1-13-7-4-10-17(19-13)14(2)21-23-12-6-9-16-8-5-11-18(20-16)15(3)22/h4-5,7-8,10-11H,6,9,12H2,1-3H3/b21-14+. The summed E-state index contributed by atoms with van der Waals surface area (Å²) in [6.07, 6.45) is 1.53. The quantitative estimate of drug-likeness (QED) is 0.340. The maximum Gasteiger partial charge on any atom is 0.178 e. The second-order valence-electron chi connectivity index (χ2n) is 5.35. The third-order valence-electron chi connectivity index (χ3n) is 3.30. The minimum absolute atomic E-state index is 0.0195. The molecule has 2 heterocycles. The van der Waals surface area contributed by atoms with Crippen LogP contribution in [0.25, 0.3) is 0 Å². The first kappa shape index (κ1) is 16.8. The number of hydrogen-bond acceptors (Lipinski definition) is 5. The molecular weight excluding hydrogens is 290 g/mol. The van der Waals surface area contributed by atoms with Gasteiger partial charge in [0.15, 0.2) is 5.78 Å². The summed E-state index contributed by atoms with van der Waals surface area (Å²) < 4.78 is 0. The molecule has 5 nitrogen and oxygen atoms in total. The lowest BCUT2D eigenvalue weighted by atomic mass is 10.2. The van der Waals surface area contributed by atoms with Crippen LogP contribution in [-0.4, -0.2) is 28.1 Å². The summed E-state index contributed by atoms with van der Waals surface area (Å²) in [5.74, 6) is -0.0195. The number of rotatable bonds is 7. The molecule has 2 aromatic heterocycles. The lowest BCUT2D eigenvalue weighted by Crippen LogP contribution is -2.03. The van der Waals surface area contributed by atoms with Crippen LogP contribution in [0.2, 0.25) is 0 Å². The summed E-state index contributed by atoms with van der Waals surface area (Å²) in [5, 5.41) is 4.09. The SMILES string of the molecule is CC(=O)c1cccc(CCCO/N=C(\C)c2cccc(C)n2)n1. The third-order valence-corrected chi connectivity index (χ3v) is 3.30. The van der Waals surface area contributed by atoms with Crippen molar-refractivity contribution < 1.29 is 9.63 Å². The topological polar surface area (TPSA) is 64.4 Å². The van der Waals surface area contributed by atoms with Crippen molar-refractivity contribution in [2.24, 2.45) is 5.16 Å². The molecule has 0 N–H and O–H groups in total. The maximum atomic E-state index is 11.3. The number of carbonyl (C=O) groups is 1. The number of Topliss-reactive ketones (excluding diaryl/α,β-unsaturated/α-hetero) is 1. The molecule has 2 rings (SSSR count). The largest absolute Gasteiger partial charge is 0.396 e. The highest BCUT2D eigenvalue weighted by Crippen LogP contribution is 2.04. The Morgan fingerprint density at radius 1 is 1.09 bits per heavy atom. The molecule has 2 aromatic rings. The number of ketones is 1. The molecule has 0 aliphatic rings. The third kappa shape index (κ3) is 5.29. The first-order chi connectivity index (χ1) is 11.1. The summed E-state index contributed by atoms with van der Waals surface area (Å²) in [6, 6.07) is 11.3. The minimum atomic E-state index is -0.0195. The van der Waals surface area contributed by atoms with Crippen molar-refractivity contribution >= 4 is 11.5 Å². The van der Waals surface area contributed by atoms with E-state index < -0.39 is 0 Å². The maximum absolute atomic E-state index is 11.3. The molecule has 0 radical (unpaired) electrons. The Morgan fingerprint density at radius 2 is 1.83 bits per heavy atom. The van der Waals surface area contributed by atoms with Gasteiger partial charge in [0.1, 0.15) is 18.0 Å². The Bertz CT molecular complexity index is 711. The van der Waals surface area contributed by atoms with E-state index >= 15 is 0 Å². The summed E-state index contributed by atoms with van der Waals surface area (Å²) in [4.78, 5) is 25.3. The number of aromatic nitrogens is 2. The fraction of sp³-hybridized carbons (Fsp3) is 0.333. The second-order valence-corrected chi connectivity index (χ2v) is 5.35. The van der Waals surface area contributed by atoms with Gasteiger partial charge in [-0.05, 0) is 51.0 Å². The molecule has 0 amide bonds. The normalized spacial score (nSPS) is 11.3. The Kier molecular flexibility index (Phi) is 5.97. The smallest absolute Gasteiger partial charge is 0.178 e. The van der Waals surface area contributed by atoms with Crippen molar-refractivity contribution in [3.05, 3.63) is 59.2 Å². The first-order valence-corrected chi connectivity index (χ1v) is 7.63. The molecule has 0 unspecified atom stereocenters. The van der Waals surface area contributed by atoms with Crippen LogP contribution in [0.15, 0.2) is 41.6 Å². The van der Waals surface area contributed by atoms with Crippen molar-refractivity contribution in [3.63, 3.8) is 0 Å². The van der Waals surface area contributed by atoms with Crippen LogP contribution in [0, 0.1) is 6.92 Å². The van der Waals surface area contributed by atoms with E-state index in [2.05, 4.69) is 15.1 Å². The summed E-state index contributed by atoms with van der Waals surface area (Å²) in [5.41, 5.74) is 3.92. The highest BCUT2D eigenvalue weighted by atomic mass is 16.6. The van der Waals surface area contributed by atoms with Crippen molar-refractivity contribution in [1.29, 1.82) is 0 Å².